The first kappa shape index (κ1) is 15.8. The van der Waals surface area contributed by atoms with Crippen LogP contribution in [0.3, 0.4) is 0 Å². The number of anilines is 1. The number of aliphatic hydroxyl groups excluding tert-OH is 1. The number of aliphatic hydroxyl groups is 1. The summed E-state index contributed by atoms with van der Waals surface area (Å²) in [5, 5.41) is 23.9. The number of hydrogen-bond donors (Lipinski definition) is 1. The zero-order valence-electron chi connectivity index (χ0n) is 14.7. The zero-order chi connectivity index (χ0) is 17.5. The molecular weight excluding hydrogens is 326 g/mol. The van der Waals surface area contributed by atoms with Gasteiger partial charge in [0, 0.05) is 24.1 Å². The smallest absolute Gasteiger partial charge is 0.185 e. The van der Waals surface area contributed by atoms with Crippen molar-refractivity contribution in [3.8, 4) is 11.4 Å². The van der Waals surface area contributed by atoms with Gasteiger partial charge < -0.3 is 10.0 Å². The summed E-state index contributed by atoms with van der Waals surface area (Å²) in [4.78, 5) is 2.39. The van der Waals surface area contributed by atoms with Crippen molar-refractivity contribution < 1.29 is 5.11 Å². The van der Waals surface area contributed by atoms with Crippen LogP contribution in [0.5, 0.6) is 0 Å². The average Bonchev–Trinajstić information content (AvgIpc) is 3.12. The minimum atomic E-state index is -0.171. The molecule has 0 bridgehead atoms. The summed E-state index contributed by atoms with van der Waals surface area (Å²) >= 11 is 0. The number of aromatic nitrogens is 4. The Morgan fingerprint density at radius 3 is 2.65 bits per heavy atom. The van der Waals surface area contributed by atoms with Gasteiger partial charge >= 0.3 is 0 Å². The largest absolute Gasteiger partial charge is 0.393 e. The first-order chi connectivity index (χ1) is 12.8. The second kappa shape index (κ2) is 6.36. The molecule has 2 fully saturated rings. The van der Waals surface area contributed by atoms with E-state index in [4.69, 9.17) is 5.10 Å². The third kappa shape index (κ3) is 2.56. The van der Waals surface area contributed by atoms with Gasteiger partial charge in [0.15, 0.2) is 11.5 Å². The van der Waals surface area contributed by atoms with Crippen molar-refractivity contribution >= 4 is 11.5 Å². The predicted molar refractivity (Wildman–Crippen MR) is 99.9 cm³/mol. The molecule has 3 unspecified atom stereocenters. The predicted octanol–water partition coefficient (Wildman–Crippen LogP) is 2.92. The molecule has 2 aromatic heterocycles. The maximum atomic E-state index is 10.4. The lowest BCUT2D eigenvalue weighted by atomic mass is 9.76. The molecule has 1 saturated carbocycles. The molecule has 0 amide bonds. The van der Waals surface area contributed by atoms with E-state index in [0.29, 0.717) is 12.0 Å². The van der Waals surface area contributed by atoms with E-state index in [1.807, 2.05) is 47.0 Å². The molecule has 3 aromatic rings. The second-order valence-corrected chi connectivity index (χ2v) is 7.42. The van der Waals surface area contributed by atoms with Crippen molar-refractivity contribution in [3.63, 3.8) is 0 Å². The third-order valence-electron chi connectivity index (χ3n) is 5.92. The lowest BCUT2D eigenvalue weighted by Gasteiger charge is -2.46. The Labute approximate surface area is 152 Å². The van der Waals surface area contributed by atoms with Crippen molar-refractivity contribution in [3.05, 3.63) is 42.5 Å². The van der Waals surface area contributed by atoms with Crippen LogP contribution < -0.4 is 4.90 Å². The van der Waals surface area contributed by atoms with E-state index in [2.05, 4.69) is 15.1 Å². The third-order valence-corrected chi connectivity index (χ3v) is 5.92. The van der Waals surface area contributed by atoms with E-state index >= 15 is 0 Å². The molecule has 1 saturated heterocycles. The molecule has 1 N–H and O–H groups in total. The van der Waals surface area contributed by atoms with E-state index in [1.54, 1.807) is 0 Å². The quantitative estimate of drug-likeness (QED) is 0.770. The standard InChI is InChI=1S/C20H23N5O/c26-17-12-13-24(16-9-5-4-8-15(16)17)19-11-10-18-21-22-20(25(18)23-19)14-6-2-1-3-7-14/h1-3,6-7,10-11,15-17,26H,4-5,8-9,12-13H2. The molecule has 6 heteroatoms. The van der Waals surface area contributed by atoms with Gasteiger partial charge in [-0.3, -0.25) is 0 Å². The minimum Gasteiger partial charge on any atom is -0.393 e. The summed E-state index contributed by atoms with van der Waals surface area (Å²) in [6.45, 7) is 0.851. The summed E-state index contributed by atoms with van der Waals surface area (Å²) in [6, 6.07) is 14.5. The van der Waals surface area contributed by atoms with E-state index < -0.39 is 0 Å². The van der Waals surface area contributed by atoms with Crippen molar-refractivity contribution in [1.29, 1.82) is 0 Å². The van der Waals surface area contributed by atoms with Gasteiger partial charge in [-0.15, -0.1) is 15.3 Å². The molecule has 26 heavy (non-hydrogen) atoms. The Balaban J connectivity index is 1.55. The van der Waals surface area contributed by atoms with Crippen molar-refractivity contribution in [2.75, 3.05) is 11.4 Å². The number of piperidine rings is 1. The number of benzene rings is 1. The van der Waals surface area contributed by atoms with Crippen molar-refractivity contribution in [2.45, 2.75) is 44.2 Å². The Bertz CT molecular complexity index is 909. The van der Waals surface area contributed by atoms with Crippen molar-refractivity contribution in [1.82, 2.24) is 19.8 Å². The zero-order valence-corrected chi connectivity index (χ0v) is 14.7. The van der Waals surface area contributed by atoms with E-state index in [9.17, 15) is 5.11 Å². The Kier molecular flexibility index (Phi) is 3.85. The molecule has 6 nitrogen and oxygen atoms in total. The molecule has 5 rings (SSSR count). The fourth-order valence-electron chi connectivity index (χ4n) is 4.61. The SMILES string of the molecule is OC1CCN(c2ccc3nnc(-c4ccccc4)n3n2)C2CCCCC12. The fourth-order valence-corrected chi connectivity index (χ4v) is 4.61. The molecule has 0 radical (unpaired) electrons. The minimum absolute atomic E-state index is 0.171. The van der Waals surface area contributed by atoms with Gasteiger partial charge in [0.2, 0.25) is 0 Å². The number of fused-ring (bicyclic) bond motifs is 2. The van der Waals surface area contributed by atoms with Crippen LogP contribution in [0.25, 0.3) is 17.0 Å². The number of hydrogen-bond acceptors (Lipinski definition) is 5. The maximum absolute atomic E-state index is 10.4. The second-order valence-electron chi connectivity index (χ2n) is 7.42. The van der Waals surface area contributed by atoms with Crippen LogP contribution in [0.15, 0.2) is 42.5 Å². The Morgan fingerprint density at radius 1 is 0.923 bits per heavy atom. The molecule has 134 valence electrons. The van der Waals surface area contributed by atoms with Gasteiger partial charge in [-0.2, -0.15) is 4.52 Å². The van der Waals surface area contributed by atoms with Crippen LogP contribution in [0.1, 0.15) is 32.1 Å². The van der Waals surface area contributed by atoms with Gasteiger partial charge in [-0.25, -0.2) is 0 Å². The van der Waals surface area contributed by atoms with E-state index in [1.165, 1.54) is 12.8 Å². The Hall–Kier alpha value is -2.47. The lowest BCUT2D eigenvalue weighted by Crippen LogP contribution is -2.53. The molecular formula is C20H23N5O. The van der Waals surface area contributed by atoms with Gasteiger partial charge in [-0.05, 0) is 31.4 Å². The summed E-state index contributed by atoms with van der Waals surface area (Å²) in [7, 11) is 0. The highest BCUT2D eigenvalue weighted by Crippen LogP contribution is 2.37. The number of nitrogens with zero attached hydrogens (tertiary/aromatic N) is 5. The first-order valence-electron chi connectivity index (χ1n) is 9.54. The lowest BCUT2D eigenvalue weighted by molar-refractivity contribution is 0.0446. The average molecular weight is 349 g/mol. The van der Waals surface area contributed by atoms with Crippen LogP contribution in [-0.2, 0) is 0 Å². The monoisotopic (exact) mass is 349 g/mol. The summed E-state index contributed by atoms with van der Waals surface area (Å²) in [5.74, 6) is 2.09. The molecule has 1 aliphatic heterocycles. The van der Waals surface area contributed by atoms with Crippen LogP contribution in [0, 0.1) is 5.92 Å². The maximum Gasteiger partial charge on any atom is 0.185 e. The molecule has 0 spiro atoms. The van der Waals surface area contributed by atoms with E-state index in [0.717, 1.165) is 48.7 Å². The fraction of sp³-hybridized carbons (Fsp3) is 0.450. The summed E-state index contributed by atoms with van der Waals surface area (Å²) in [5.41, 5.74) is 1.76. The highest BCUT2D eigenvalue weighted by Gasteiger charge is 2.39. The topological polar surface area (TPSA) is 66.5 Å². The summed E-state index contributed by atoms with van der Waals surface area (Å²) in [6.07, 6.45) is 5.35. The van der Waals surface area contributed by atoms with Crippen LogP contribution in [0.2, 0.25) is 0 Å². The van der Waals surface area contributed by atoms with Gasteiger partial charge in [0.25, 0.3) is 0 Å². The van der Waals surface area contributed by atoms with Crippen LogP contribution in [0.4, 0.5) is 5.82 Å². The molecule has 2 aliphatic rings. The van der Waals surface area contributed by atoms with Crippen LogP contribution >= 0.6 is 0 Å². The van der Waals surface area contributed by atoms with Crippen LogP contribution in [-0.4, -0.2) is 43.6 Å². The molecule has 1 aromatic carbocycles. The summed E-state index contributed by atoms with van der Waals surface area (Å²) < 4.78 is 1.84. The molecule has 3 atom stereocenters. The first-order valence-corrected chi connectivity index (χ1v) is 9.54. The van der Waals surface area contributed by atoms with Gasteiger partial charge in [0.1, 0.15) is 5.82 Å². The van der Waals surface area contributed by atoms with Crippen molar-refractivity contribution in [2.24, 2.45) is 5.92 Å². The van der Waals surface area contributed by atoms with E-state index in [-0.39, 0.29) is 6.10 Å². The van der Waals surface area contributed by atoms with Gasteiger partial charge in [-0.1, -0.05) is 43.2 Å². The highest BCUT2D eigenvalue weighted by atomic mass is 16.3. The highest BCUT2D eigenvalue weighted by molar-refractivity contribution is 5.59. The number of rotatable bonds is 2. The normalized spacial score (nSPS) is 26.0. The molecule has 1 aliphatic carbocycles. The molecule has 3 heterocycles. The van der Waals surface area contributed by atoms with Gasteiger partial charge in [0.05, 0.1) is 6.10 Å². The Morgan fingerprint density at radius 2 is 1.77 bits per heavy atom.